The zero-order valence-electron chi connectivity index (χ0n) is 10.8. The summed E-state index contributed by atoms with van der Waals surface area (Å²) in [5.74, 6) is -1.24. The molecule has 0 spiro atoms. The molecule has 0 aromatic heterocycles. The van der Waals surface area contributed by atoms with Gasteiger partial charge in [0.15, 0.2) is 0 Å². The highest BCUT2D eigenvalue weighted by atomic mass is 79.9. The van der Waals surface area contributed by atoms with E-state index in [0.717, 1.165) is 6.07 Å². The summed E-state index contributed by atoms with van der Waals surface area (Å²) in [7, 11) is -3.96. The fraction of sp³-hybridized carbons (Fsp3) is 0.143. The van der Waals surface area contributed by atoms with Crippen molar-refractivity contribution < 1.29 is 17.2 Å². The van der Waals surface area contributed by atoms with E-state index >= 15 is 0 Å². The summed E-state index contributed by atoms with van der Waals surface area (Å²) in [6.07, 6.45) is 0.185. The van der Waals surface area contributed by atoms with Gasteiger partial charge < -0.3 is 0 Å². The van der Waals surface area contributed by atoms with Crippen molar-refractivity contribution in [3.8, 4) is 0 Å². The molecule has 0 atom stereocenters. The standard InChI is InChI=1S/C14H12BrF2NO2S/c15-11-5-6-14(13(17)9-11)21(19,20)18-8-7-10-3-1-2-4-12(10)16/h1-6,9,18H,7-8H2. The molecule has 1 N–H and O–H groups in total. The molecule has 0 aliphatic carbocycles. The van der Waals surface area contributed by atoms with Gasteiger partial charge in [0, 0.05) is 11.0 Å². The maximum atomic E-state index is 13.7. The van der Waals surface area contributed by atoms with Crippen molar-refractivity contribution in [1.29, 1.82) is 0 Å². The van der Waals surface area contributed by atoms with Crippen molar-refractivity contribution in [2.24, 2.45) is 0 Å². The van der Waals surface area contributed by atoms with Gasteiger partial charge in [0.1, 0.15) is 16.5 Å². The molecule has 0 saturated carbocycles. The van der Waals surface area contributed by atoms with E-state index < -0.39 is 26.6 Å². The number of sulfonamides is 1. The summed E-state index contributed by atoms with van der Waals surface area (Å²) in [5, 5.41) is 0. The van der Waals surface area contributed by atoms with E-state index in [4.69, 9.17) is 0 Å². The van der Waals surface area contributed by atoms with Gasteiger partial charge in [0.2, 0.25) is 10.0 Å². The average Bonchev–Trinajstić information content (AvgIpc) is 2.40. The topological polar surface area (TPSA) is 46.2 Å². The number of rotatable bonds is 5. The van der Waals surface area contributed by atoms with Crippen molar-refractivity contribution in [3.63, 3.8) is 0 Å². The predicted molar refractivity (Wildman–Crippen MR) is 79.4 cm³/mol. The highest BCUT2D eigenvalue weighted by molar-refractivity contribution is 9.10. The Morgan fingerprint density at radius 3 is 2.43 bits per heavy atom. The molecule has 0 heterocycles. The molecule has 0 radical (unpaired) electrons. The number of hydrogen-bond acceptors (Lipinski definition) is 2. The van der Waals surface area contributed by atoms with Crippen LogP contribution in [0.3, 0.4) is 0 Å². The lowest BCUT2D eigenvalue weighted by Crippen LogP contribution is -2.27. The fourth-order valence-corrected chi connectivity index (χ4v) is 3.21. The highest BCUT2D eigenvalue weighted by Crippen LogP contribution is 2.19. The van der Waals surface area contributed by atoms with Gasteiger partial charge in [-0.05, 0) is 36.2 Å². The van der Waals surface area contributed by atoms with E-state index in [-0.39, 0.29) is 13.0 Å². The summed E-state index contributed by atoms with van der Waals surface area (Å²) >= 11 is 3.06. The molecule has 0 bridgehead atoms. The SMILES string of the molecule is O=S(=O)(NCCc1ccccc1F)c1ccc(Br)cc1F. The van der Waals surface area contributed by atoms with Crippen LogP contribution in [0.1, 0.15) is 5.56 Å². The van der Waals surface area contributed by atoms with Gasteiger partial charge in [-0.3, -0.25) is 0 Å². The minimum Gasteiger partial charge on any atom is -0.211 e. The first-order chi connectivity index (χ1) is 9.90. The van der Waals surface area contributed by atoms with E-state index in [0.29, 0.717) is 10.0 Å². The molecule has 2 aromatic carbocycles. The van der Waals surface area contributed by atoms with Crippen LogP contribution in [0.25, 0.3) is 0 Å². The number of halogens is 3. The van der Waals surface area contributed by atoms with Crippen LogP contribution < -0.4 is 4.72 Å². The molecule has 0 amide bonds. The Balaban J connectivity index is 2.07. The van der Waals surface area contributed by atoms with Crippen molar-refractivity contribution >= 4 is 26.0 Å². The third-order valence-electron chi connectivity index (χ3n) is 2.83. The average molecular weight is 376 g/mol. The largest absolute Gasteiger partial charge is 0.243 e. The van der Waals surface area contributed by atoms with Crippen molar-refractivity contribution in [3.05, 3.63) is 64.1 Å². The van der Waals surface area contributed by atoms with Crippen molar-refractivity contribution in [1.82, 2.24) is 4.72 Å². The van der Waals surface area contributed by atoms with Gasteiger partial charge in [-0.1, -0.05) is 34.1 Å². The third kappa shape index (κ3) is 4.09. The van der Waals surface area contributed by atoms with E-state index in [9.17, 15) is 17.2 Å². The minimum absolute atomic E-state index is 0.0151. The maximum absolute atomic E-state index is 13.7. The number of nitrogens with one attached hydrogen (secondary N) is 1. The Morgan fingerprint density at radius 2 is 1.76 bits per heavy atom. The molecule has 0 unspecified atom stereocenters. The lowest BCUT2D eigenvalue weighted by atomic mass is 10.1. The Kier molecular flexibility index (Phi) is 5.08. The summed E-state index contributed by atoms with van der Waals surface area (Å²) in [6, 6.07) is 9.79. The molecule has 7 heteroatoms. The van der Waals surface area contributed by atoms with Gasteiger partial charge >= 0.3 is 0 Å². The second-order valence-electron chi connectivity index (χ2n) is 4.31. The normalized spacial score (nSPS) is 11.6. The van der Waals surface area contributed by atoms with Crippen LogP contribution in [0.5, 0.6) is 0 Å². The third-order valence-corrected chi connectivity index (χ3v) is 4.82. The zero-order chi connectivity index (χ0) is 15.5. The quantitative estimate of drug-likeness (QED) is 0.871. The molecule has 0 saturated heterocycles. The van der Waals surface area contributed by atoms with Crippen molar-refractivity contribution in [2.75, 3.05) is 6.54 Å². The first-order valence-corrected chi connectivity index (χ1v) is 8.36. The van der Waals surface area contributed by atoms with Gasteiger partial charge in [-0.25, -0.2) is 21.9 Å². The van der Waals surface area contributed by atoms with Crippen LogP contribution in [0.4, 0.5) is 8.78 Å². The summed E-state index contributed by atoms with van der Waals surface area (Å²) in [6.45, 7) is -0.0151. The van der Waals surface area contributed by atoms with Crippen LogP contribution in [-0.2, 0) is 16.4 Å². The summed E-state index contributed by atoms with van der Waals surface area (Å²) in [4.78, 5) is -0.431. The van der Waals surface area contributed by atoms with E-state index in [2.05, 4.69) is 20.7 Å². The molecule has 0 aliphatic heterocycles. The monoisotopic (exact) mass is 375 g/mol. The van der Waals surface area contributed by atoms with Gasteiger partial charge in [0.25, 0.3) is 0 Å². The molecular weight excluding hydrogens is 364 g/mol. The molecule has 2 rings (SSSR count). The lowest BCUT2D eigenvalue weighted by Gasteiger charge is -2.08. The summed E-state index contributed by atoms with van der Waals surface area (Å²) < 4.78 is 53.7. The Hall–Kier alpha value is -1.31. The van der Waals surface area contributed by atoms with Crippen LogP contribution in [-0.4, -0.2) is 15.0 Å². The van der Waals surface area contributed by atoms with E-state index in [1.807, 2.05) is 0 Å². The maximum Gasteiger partial charge on any atom is 0.243 e. The molecule has 21 heavy (non-hydrogen) atoms. The second kappa shape index (κ2) is 6.64. The smallest absolute Gasteiger partial charge is 0.211 e. The summed E-state index contributed by atoms with van der Waals surface area (Å²) in [5.41, 5.74) is 0.400. The Labute approximate surface area is 130 Å². The molecule has 0 aliphatic rings. The molecule has 112 valence electrons. The first-order valence-electron chi connectivity index (χ1n) is 6.08. The highest BCUT2D eigenvalue weighted by Gasteiger charge is 2.18. The molecular formula is C14H12BrF2NO2S. The number of hydrogen-bond donors (Lipinski definition) is 1. The van der Waals surface area contributed by atoms with Crippen LogP contribution in [0.15, 0.2) is 51.8 Å². The Morgan fingerprint density at radius 1 is 1.05 bits per heavy atom. The fourth-order valence-electron chi connectivity index (χ4n) is 1.79. The molecule has 0 fully saturated rings. The van der Waals surface area contributed by atoms with Crippen LogP contribution >= 0.6 is 15.9 Å². The first kappa shape index (κ1) is 16.1. The molecule has 2 aromatic rings. The van der Waals surface area contributed by atoms with Gasteiger partial charge in [0.05, 0.1) is 0 Å². The van der Waals surface area contributed by atoms with Crippen LogP contribution in [0.2, 0.25) is 0 Å². The van der Waals surface area contributed by atoms with Crippen molar-refractivity contribution in [2.45, 2.75) is 11.3 Å². The number of benzene rings is 2. The lowest BCUT2D eigenvalue weighted by molar-refractivity contribution is 0.555. The minimum atomic E-state index is -3.96. The predicted octanol–water partition coefficient (Wildman–Crippen LogP) is 3.25. The Bertz CT molecular complexity index is 750. The molecule has 3 nitrogen and oxygen atoms in total. The van der Waals surface area contributed by atoms with E-state index in [1.54, 1.807) is 18.2 Å². The van der Waals surface area contributed by atoms with Gasteiger partial charge in [-0.2, -0.15) is 0 Å². The van der Waals surface area contributed by atoms with E-state index in [1.165, 1.54) is 18.2 Å². The zero-order valence-corrected chi connectivity index (χ0v) is 13.2. The van der Waals surface area contributed by atoms with Gasteiger partial charge in [-0.15, -0.1) is 0 Å². The second-order valence-corrected chi connectivity index (χ2v) is 6.96. The van der Waals surface area contributed by atoms with Crippen LogP contribution in [0, 0.1) is 11.6 Å².